The van der Waals surface area contributed by atoms with Crippen LogP contribution in [0, 0.1) is 6.92 Å². The molecule has 0 spiro atoms. The van der Waals surface area contributed by atoms with Crippen molar-refractivity contribution in [3.8, 4) is 0 Å². The molecule has 0 bridgehead atoms. The number of nitrogens with zero attached hydrogens (tertiary/aromatic N) is 3. The molecule has 0 aliphatic rings. The summed E-state index contributed by atoms with van der Waals surface area (Å²) in [5, 5.41) is 7.94. The number of hydrogen-bond donors (Lipinski definition) is 1. The van der Waals surface area contributed by atoms with Gasteiger partial charge in [0.2, 0.25) is 0 Å². The predicted octanol–water partition coefficient (Wildman–Crippen LogP) is 1.24. The van der Waals surface area contributed by atoms with Gasteiger partial charge >= 0.3 is 0 Å². The van der Waals surface area contributed by atoms with Crippen LogP contribution in [-0.4, -0.2) is 21.0 Å². The molecule has 0 amide bonds. The van der Waals surface area contributed by atoms with Crippen LogP contribution >= 0.6 is 0 Å². The molecule has 1 unspecified atom stereocenters. The quantitative estimate of drug-likeness (QED) is 0.859. The molecule has 0 radical (unpaired) electrons. The lowest BCUT2D eigenvalue weighted by atomic mass is 10.0. The molecule has 0 aliphatic heterocycles. The number of rotatable bonds is 4. The van der Waals surface area contributed by atoms with Gasteiger partial charge in [0, 0.05) is 25.7 Å². The molecule has 2 aromatic rings. The second-order valence-electron chi connectivity index (χ2n) is 4.54. The maximum Gasteiger partial charge on any atom is 0.0842 e. The Morgan fingerprint density at radius 3 is 2.53 bits per heavy atom. The molecule has 1 heterocycles. The van der Waals surface area contributed by atoms with Gasteiger partial charge in [-0.2, -0.15) is 0 Å². The first-order valence-corrected chi connectivity index (χ1v) is 5.80. The predicted molar refractivity (Wildman–Crippen MR) is 67.6 cm³/mol. The van der Waals surface area contributed by atoms with Crippen molar-refractivity contribution in [3.63, 3.8) is 0 Å². The monoisotopic (exact) mass is 230 g/mol. The van der Waals surface area contributed by atoms with Gasteiger partial charge in [0.25, 0.3) is 0 Å². The fraction of sp³-hybridized carbons (Fsp3) is 0.385. The Kier molecular flexibility index (Phi) is 3.54. The van der Waals surface area contributed by atoms with Crippen molar-refractivity contribution in [1.82, 2.24) is 15.0 Å². The molecule has 0 fully saturated rings. The molecule has 2 N–H and O–H groups in total. The Morgan fingerprint density at radius 2 is 1.94 bits per heavy atom. The molecule has 17 heavy (non-hydrogen) atoms. The summed E-state index contributed by atoms with van der Waals surface area (Å²) in [7, 11) is 1.86. The summed E-state index contributed by atoms with van der Waals surface area (Å²) in [5.74, 6) is 0. The normalized spacial score (nSPS) is 12.6. The standard InChI is InChI=1S/C13H18N4/c1-10-3-5-11(6-4-10)7-12(14)8-13-9-17(2)16-15-13/h3-6,9,12H,7-8,14H2,1-2H3. The first-order valence-electron chi connectivity index (χ1n) is 5.80. The van der Waals surface area contributed by atoms with E-state index >= 15 is 0 Å². The highest BCUT2D eigenvalue weighted by Crippen LogP contribution is 2.07. The van der Waals surface area contributed by atoms with Gasteiger partial charge in [0.15, 0.2) is 0 Å². The lowest BCUT2D eigenvalue weighted by Gasteiger charge is -2.09. The van der Waals surface area contributed by atoms with Gasteiger partial charge in [0.05, 0.1) is 5.69 Å². The Labute approximate surface area is 101 Å². The smallest absolute Gasteiger partial charge is 0.0842 e. The Bertz CT molecular complexity index is 472. The molecule has 0 aliphatic carbocycles. The molecule has 1 aromatic heterocycles. The van der Waals surface area contributed by atoms with Crippen molar-refractivity contribution < 1.29 is 0 Å². The SMILES string of the molecule is Cc1ccc(CC(N)Cc2cn(C)nn2)cc1. The summed E-state index contributed by atoms with van der Waals surface area (Å²) in [5.41, 5.74) is 9.60. The maximum absolute atomic E-state index is 6.11. The Morgan fingerprint density at radius 1 is 1.24 bits per heavy atom. The van der Waals surface area contributed by atoms with Crippen molar-refractivity contribution in [3.05, 3.63) is 47.3 Å². The van der Waals surface area contributed by atoms with Gasteiger partial charge in [-0.1, -0.05) is 35.0 Å². The van der Waals surface area contributed by atoms with E-state index in [0.29, 0.717) is 0 Å². The number of benzene rings is 1. The highest BCUT2D eigenvalue weighted by Gasteiger charge is 2.08. The van der Waals surface area contributed by atoms with Gasteiger partial charge in [-0.25, -0.2) is 0 Å². The second kappa shape index (κ2) is 5.10. The highest BCUT2D eigenvalue weighted by molar-refractivity contribution is 5.22. The van der Waals surface area contributed by atoms with Gasteiger partial charge in [-0.3, -0.25) is 4.68 Å². The molecule has 1 atom stereocenters. The summed E-state index contributed by atoms with van der Waals surface area (Å²) in [6.07, 6.45) is 3.55. The molecule has 4 heteroatoms. The lowest BCUT2D eigenvalue weighted by molar-refractivity contribution is 0.651. The Balaban J connectivity index is 1.93. The molecule has 90 valence electrons. The van der Waals surface area contributed by atoms with Crippen molar-refractivity contribution >= 4 is 0 Å². The summed E-state index contributed by atoms with van der Waals surface area (Å²) in [6.45, 7) is 2.09. The van der Waals surface area contributed by atoms with E-state index < -0.39 is 0 Å². The van der Waals surface area contributed by atoms with Crippen molar-refractivity contribution in [1.29, 1.82) is 0 Å². The molecule has 0 saturated carbocycles. The first kappa shape index (κ1) is 11.8. The van der Waals surface area contributed by atoms with Crippen molar-refractivity contribution in [2.45, 2.75) is 25.8 Å². The first-order chi connectivity index (χ1) is 8.13. The van der Waals surface area contributed by atoms with Crippen LogP contribution in [-0.2, 0) is 19.9 Å². The second-order valence-corrected chi connectivity index (χ2v) is 4.54. The van der Waals surface area contributed by atoms with E-state index in [1.165, 1.54) is 11.1 Å². The van der Waals surface area contributed by atoms with E-state index in [0.717, 1.165) is 18.5 Å². The van der Waals surface area contributed by atoms with E-state index in [2.05, 4.69) is 41.5 Å². The maximum atomic E-state index is 6.11. The largest absolute Gasteiger partial charge is 0.327 e. The van der Waals surface area contributed by atoms with Gasteiger partial charge in [0.1, 0.15) is 0 Å². The summed E-state index contributed by atoms with van der Waals surface area (Å²) < 4.78 is 1.70. The van der Waals surface area contributed by atoms with Crippen LogP contribution in [0.2, 0.25) is 0 Å². The number of aromatic nitrogens is 3. The van der Waals surface area contributed by atoms with E-state index in [1.807, 2.05) is 13.2 Å². The van der Waals surface area contributed by atoms with Crippen LogP contribution in [0.5, 0.6) is 0 Å². The van der Waals surface area contributed by atoms with Crippen molar-refractivity contribution in [2.24, 2.45) is 12.8 Å². The fourth-order valence-electron chi connectivity index (χ4n) is 1.86. The number of hydrogen-bond acceptors (Lipinski definition) is 3. The zero-order valence-corrected chi connectivity index (χ0v) is 10.3. The van der Waals surface area contributed by atoms with Gasteiger partial charge in [-0.05, 0) is 18.9 Å². The van der Waals surface area contributed by atoms with Crippen LogP contribution in [0.1, 0.15) is 16.8 Å². The summed E-state index contributed by atoms with van der Waals surface area (Å²) in [4.78, 5) is 0. The van der Waals surface area contributed by atoms with Crippen LogP contribution in [0.25, 0.3) is 0 Å². The van der Waals surface area contributed by atoms with E-state index in [1.54, 1.807) is 4.68 Å². The third-order valence-electron chi connectivity index (χ3n) is 2.74. The van der Waals surface area contributed by atoms with Gasteiger partial charge < -0.3 is 5.73 Å². The average molecular weight is 230 g/mol. The minimum Gasteiger partial charge on any atom is -0.327 e. The fourth-order valence-corrected chi connectivity index (χ4v) is 1.86. The highest BCUT2D eigenvalue weighted by atomic mass is 15.4. The molecule has 2 rings (SSSR count). The van der Waals surface area contributed by atoms with Crippen LogP contribution in [0.3, 0.4) is 0 Å². The van der Waals surface area contributed by atoms with Crippen LogP contribution < -0.4 is 5.73 Å². The topological polar surface area (TPSA) is 56.7 Å². The Hall–Kier alpha value is -1.68. The van der Waals surface area contributed by atoms with E-state index in [4.69, 9.17) is 5.73 Å². The third kappa shape index (κ3) is 3.39. The minimum atomic E-state index is 0.0920. The number of aryl methyl sites for hydroxylation is 2. The average Bonchev–Trinajstić information content (AvgIpc) is 2.67. The van der Waals surface area contributed by atoms with E-state index in [9.17, 15) is 0 Å². The van der Waals surface area contributed by atoms with E-state index in [-0.39, 0.29) is 6.04 Å². The molecular weight excluding hydrogens is 212 g/mol. The lowest BCUT2D eigenvalue weighted by Crippen LogP contribution is -2.25. The number of nitrogens with two attached hydrogens (primary N) is 1. The molecule has 4 nitrogen and oxygen atoms in total. The molecular formula is C13H18N4. The minimum absolute atomic E-state index is 0.0920. The summed E-state index contributed by atoms with van der Waals surface area (Å²) >= 11 is 0. The molecule has 1 aromatic carbocycles. The van der Waals surface area contributed by atoms with Crippen LogP contribution in [0.15, 0.2) is 30.5 Å². The van der Waals surface area contributed by atoms with Gasteiger partial charge in [-0.15, -0.1) is 5.10 Å². The van der Waals surface area contributed by atoms with Crippen molar-refractivity contribution in [2.75, 3.05) is 0 Å². The third-order valence-corrected chi connectivity index (χ3v) is 2.74. The van der Waals surface area contributed by atoms with Crippen LogP contribution in [0.4, 0.5) is 0 Å². The zero-order valence-electron chi connectivity index (χ0n) is 10.3. The summed E-state index contributed by atoms with van der Waals surface area (Å²) in [6, 6.07) is 8.58. The molecule has 0 saturated heterocycles. The zero-order chi connectivity index (χ0) is 12.3.